The Balaban J connectivity index is 1.87. The number of aromatic amines is 1. The molecule has 1 aromatic carbocycles. The quantitative estimate of drug-likeness (QED) is 0.826. The highest BCUT2D eigenvalue weighted by molar-refractivity contribution is 5.94. The number of carbonyl (C=O) groups excluding carboxylic acids is 1. The molecule has 0 spiro atoms. The van der Waals surface area contributed by atoms with E-state index in [-0.39, 0.29) is 5.91 Å². The van der Waals surface area contributed by atoms with Crippen LogP contribution in [0.3, 0.4) is 0 Å². The number of methoxy groups -OCH3 is 1. The monoisotopic (exact) mass is 259 g/mol. The van der Waals surface area contributed by atoms with Crippen LogP contribution in [0, 0.1) is 0 Å². The molecule has 1 amide bonds. The lowest BCUT2D eigenvalue weighted by Crippen LogP contribution is -2.26. The van der Waals surface area contributed by atoms with Gasteiger partial charge in [0, 0.05) is 38.0 Å². The first-order valence-corrected chi connectivity index (χ1v) is 6.14. The number of hydrogen-bond acceptors (Lipinski definition) is 3. The molecule has 1 aromatic heterocycles. The number of hydrogen-bond donors (Lipinski definition) is 2. The summed E-state index contributed by atoms with van der Waals surface area (Å²) in [6, 6.07) is 7.42. The van der Waals surface area contributed by atoms with Gasteiger partial charge in [0.2, 0.25) is 0 Å². The van der Waals surface area contributed by atoms with Crippen LogP contribution in [0.25, 0.3) is 0 Å². The van der Waals surface area contributed by atoms with Crippen molar-refractivity contribution in [1.82, 2.24) is 15.3 Å². The number of imidazole rings is 1. The van der Waals surface area contributed by atoms with E-state index >= 15 is 0 Å². The van der Waals surface area contributed by atoms with Crippen molar-refractivity contribution >= 4 is 5.91 Å². The Hall–Kier alpha value is -2.14. The molecule has 2 aromatic rings. The van der Waals surface area contributed by atoms with Gasteiger partial charge >= 0.3 is 0 Å². The van der Waals surface area contributed by atoms with Crippen LogP contribution >= 0.6 is 0 Å². The van der Waals surface area contributed by atoms with Crippen LogP contribution in [0.15, 0.2) is 36.7 Å². The van der Waals surface area contributed by atoms with Gasteiger partial charge in [-0.3, -0.25) is 4.79 Å². The first-order valence-electron chi connectivity index (χ1n) is 6.14. The third-order valence-electron chi connectivity index (χ3n) is 2.70. The summed E-state index contributed by atoms with van der Waals surface area (Å²) in [7, 11) is 1.64. The third-order valence-corrected chi connectivity index (χ3v) is 2.70. The molecule has 19 heavy (non-hydrogen) atoms. The third kappa shape index (κ3) is 3.93. The number of ether oxygens (including phenoxy) is 1. The number of amides is 1. The molecule has 0 unspecified atom stereocenters. The van der Waals surface area contributed by atoms with Crippen molar-refractivity contribution in [2.24, 2.45) is 0 Å². The molecule has 2 N–H and O–H groups in total. The molecule has 0 saturated carbocycles. The van der Waals surface area contributed by atoms with Gasteiger partial charge < -0.3 is 15.0 Å². The largest absolute Gasteiger partial charge is 0.380 e. The summed E-state index contributed by atoms with van der Waals surface area (Å²) < 4.78 is 5.05. The van der Waals surface area contributed by atoms with Gasteiger partial charge in [-0.25, -0.2) is 4.98 Å². The molecular weight excluding hydrogens is 242 g/mol. The molecule has 0 aliphatic heterocycles. The smallest absolute Gasteiger partial charge is 0.251 e. The van der Waals surface area contributed by atoms with E-state index in [1.54, 1.807) is 25.6 Å². The zero-order valence-corrected chi connectivity index (χ0v) is 10.8. The number of benzene rings is 1. The van der Waals surface area contributed by atoms with Gasteiger partial charge in [-0.2, -0.15) is 0 Å². The lowest BCUT2D eigenvalue weighted by molar-refractivity contribution is 0.0953. The van der Waals surface area contributed by atoms with Crippen molar-refractivity contribution < 1.29 is 9.53 Å². The minimum Gasteiger partial charge on any atom is -0.380 e. The minimum atomic E-state index is -0.0792. The number of H-pyrrole nitrogens is 1. The second kappa shape index (κ2) is 6.70. The number of nitrogens with one attached hydrogen (secondary N) is 2. The van der Waals surface area contributed by atoms with Crippen LogP contribution < -0.4 is 5.32 Å². The van der Waals surface area contributed by atoms with Crippen molar-refractivity contribution in [2.75, 3.05) is 13.7 Å². The Morgan fingerprint density at radius 1 is 1.47 bits per heavy atom. The van der Waals surface area contributed by atoms with E-state index in [4.69, 9.17) is 4.74 Å². The summed E-state index contributed by atoms with van der Waals surface area (Å²) >= 11 is 0. The first-order chi connectivity index (χ1) is 9.29. The Kier molecular flexibility index (Phi) is 4.69. The molecular formula is C14H17N3O2. The van der Waals surface area contributed by atoms with Crippen LogP contribution in [0.4, 0.5) is 0 Å². The highest BCUT2D eigenvalue weighted by atomic mass is 16.5. The molecule has 2 rings (SSSR count). The zero-order chi connectivity index (χ0) is 13.5. The molecule has 0 radical (unpaired) electrons. The Bertz CT molecular complexity index is 523. The van der Waals surface area contributed by atoms with Crippen molar-refractivity contribution in [1.29, 1.82) is 0 Å². The molecule has 0 aliphatic carbocycles. The van der Waals surface area contributed by atoms with Crippen molar-refractivity contribution in [3.05, 3.63) is 53.6 Å². The zero-order valence-electron chi connectivity index (χ0n) is 10.8. The van der Waals surface area contributed by atoms with Crippen LogP contribution in [-0.2, 0) is 17.8 Å². The fourth-order valence-corrected chi connectivity index (χ4v) is 1.80. The molecule has 0 bridgehead atoms. The maximum atomic E-state index is 11.9. The second-order valence-electron chi connectivity index (χ2n) is 4.18. The van der Waals surface area contributed by atoms with E-state index in [1.807, 2.05) is 18.2 Å². The molecule has 0 saturated heterocycles. The average Bonchev–Trinajstić information content (AvgIpc) is 2.92. The summed E-state index contributed by atoms with van der Waals surface area (Å²) in [4.78, 5) is 19.0. The maximum absolute atomic E-state index is 11.9. The fraction of sp³-hybridized carbons (Fsp3) is 0.286. The van der Waals surface area contributed by atoms with Gasteiger partial charge in [0.05, 0.1) is 6.61 Å². The van der Waals surface area contributed by atoms with E-state index < -0.39 is 0 Å². The van der Waals surface area contributed by atoms with E-state index in [0.717, 1.165) is 11.4 Å². The Morgan fingerprint density at radius 2 is 2.37 bits per heavy atom. The van der Waals surface area contributed by atoms with Gasteiger partial charge in [0.1, 0.15) is 5.82 Å². The lowest BCUT2D eigenvalue weighted by Gasteiger charge is -2.06. The second-order valence-corrected chi connectivity index (χ2v) is 4.18. The van der Waals surface area contributed by atoms with Crippen LogP contribution in [-0.4, -0.2) is 29.5 Å². The topological polar surface area (TPSA) is 67.0 Å². The summed E-state index contributed by atoms with van der Waals surface area (Å²) in [5.41, 5.74) is 1.63. The molecule has 0 atom stereocenters. The normalized spacial score (nSPS) is 10.4. The predicted molar refractivity (Wildman–Crippen MR) is 71.8 cm³/mol. The van der Waals surface area contributed by atoms with Crippen LogP contribution in [0.2, 0.25) is 0 Å². The van der Waals surface area contributed by atoms with Crippen LogP contribution in [0.5, 0.6) is 0 Å². The molecule has 0 fully saturated rings. The van der Waals surface area contributed by atoms with Crippen LogP contribution in [0.1, 0.15) is 21.7 Å². The summed E-state index contributed by atoms with van der Waals surface area (Å²) in [6.45, 7) is 1.06. The fourth-order valence-electron chi connectivity index (χ4n) is 1.80. The minimum absolute atomic E-state index is 0.0792. The summed E-state index contributed by atoms with van der Waals surface area (Å²) in [5, 5.41) is 2.87. The first kappa shape index (κ1) is 13.3. The molecule has 5 nitrogen and oxygen atoms in total. The molecule has 0 aliphatic rings. The van der Waals surface area contributed by atoms with E-state index in [0.29, 0.717) is 25.1 Å². The summed E-state index contributed by atoms with van der Waals surface area (Å²) in [5.74, 6) is 0.790. The van der Waals surface area contributed by atoms with E-state index in [9.17, 15) is 4.79 Å². The Labute approximate surface area is 112 Å². The number of aromatic nitrogens is 2. The van der Waals surface area contributed by atoms with E-state index in [2.05, 4.69) is 15.3 Å². The van der Waals surface area contributed by atoms with Gasteiger partial charge in [0.15, 0.2) is 0 Å². The molecule has 1 heterocycles. The van der Waals surface area contributed by atoms with Gasteiger partial charge in [-0.05, 0) is 17.7 Å². The van der Waals surface area contributed by atoms with E-state index in [1.165, 1.54) is 0 Å². The summed E-state index contributed by atoms with van der Waals surface area (Å²) in [6.07, 6.45) is 4.16. The highest BCUT2D eigenvalue weighted by Crippen LogP contribution is 2.06. The number of carbonyl (C=O) groups is 1. The standard InChI is InChI=1S/C14H17N3O2/c1-19-10-11-3-2-4-12(9-11)14(18)17-6-5-13-15-7-8-16-13/h2-4,7-9H,5-6,10H2,1H3,(H,15,16)(H,17,18). The van der Waals surface area contributed by atoms with Gasteiger partial charge in [-0.15, -0.1) is 0 Å². The predicted octanol–water partition coefficient (Wildman–Crippen LogP) is 1.53. The van der Waals surface area contributed by atoms with Crippen molar-refractivity contribution in [2.45, 2.75) is 13.0 Å². The van der Waals surface area contributed by atoms with Gasteiger partial charge in [-0.1, -0.05) is 12.1 Å². The Morgan fingerprint density at radius 3 is 3.11 bits per heavy atom. The van der Waals surface area contributed by atoms with Crippen molar-refractivity contribution in [3.63, 3.8) is 0 Å². The van der Waals surface area contributed by atoms with Gasteiger partial charge in [0.25, 0.3) is 5.91 Å². The molecule has 5 heteroatoms. The number of rotatable bonds is 6. The average molecular weight is 259 g/mol. The van der Waals surface area contributed by atoms with Crippen molar-refractivity contribution in [3.8, 4) is 0 Å². The maximum Gasteiger partial charge on any atom is 0.251 e. The SMILES string of the molecule is COCc1cccc(C(=O)NCCc2ncc[nH]2)c1. The molecule has 100 valence electrons. The highest BCUT2D eigenvalue weighted by Gasteiger charge is 2.06. The number of nitrogens with zero attached hydrogens (tertiary/aromatic N) is 1. The lowest BCUT2D eigenvalue weighted by atomic mass is 10.1.